The second kappa shape index (κ2) is 8.14. The summed E-state index contributed by atoms with van der Waals surface area (Å²) in [6.45, 7) is 6.43. The smallest absolute Gasteiger partial charge is 0.313 e. The molecule has 2 unspecified atom stereocenters. The second-order valence-electron chi connectivity index (χ2n) is 6.78. The van der Waals surface area contributed by atoms with Crippen molar-refractivity contribution in [3.05, 3.63) is 29.8 Å². The Morgan fingerprint density at radius 1 is 1.17 bits per heavy atom. The number of anilines is 1. The monoisotopic (exact) mass is 316 g/mol. The number of carbonyl (C=O) groups excluding carboxylic acids is 2. The van der Waals surface area contributed by atoms with Gasteiger partial charge in [-0.25, -0.2) is 0 Å². The first-order valence-electron chi connectivity index (χ1n) is 8.72. The molecule has 1 aliphatic rings. The van der Waals surface area contributed by atoms with E-state index >= 15 is 0 Å². The molecule has 0 aromatic heterocycles. The van der Waals surface area contributed by atoms with Gasteiger partial charge in [0, 0.05) is 11.7 Å². The van der Waals surface area contributed by atoms with Gasteiger partial charge in [-0.15, -0.1) is 0 Å². The van der Waals surface area contributed by atoms with Gasteiger partial charge >= 0.3 is 11.8 Å². The van der Waals surface area contributed by atoms with E-state index in [1.807, 2.05) is 24.3 Å². The highest BCUT2D eigenvalue weighted by Crippen LogP contribution is 2.30. The zero-order chi connectivity index (χ0) is 16.8. The number of amides is 2. The first-order chi connectivity index (χ1) is 11.0. The average molecular weight is 316 g/mol. The highest BCUT2D eigenvalue weighted by atomic mass is 16.2. The average Bonchev–Trinajstić information content (AvgIpc) is 2.55. The minimum Gasteiger partial charge on any atom is -0.345 e. The van der Waals surface area contributed by atoms with Gasteiger partial charge in [-0.05, 0) is 48.8 Å². The molecule has 0 aliphatic heterocycles. The minimum atomic E-state index is -0.577. The molecule has 2 amide bonds. The molecule has 2 N–H and O–H groups in total. The first-order valence-corrected chi connectivity index (χ1v) is 8.72. The number of hydrogen-bond acceptors (Lipinski definition) is 2. The van der Waals surface area contributed by atoms with Crippen LogP contribution in [0.4, 0.5) is 5.69 Å². The lowest BCUT2D eigenvalue weighted by atomic mass is 9.78. The highest BCUT2D eigenvalue weighted by Gasteiger charge is 2.30. The van der Waals surface area contributed by atoms with E-state index in [2.05, 4.69) is 31.4 Å². The van der Waals surface area contributed by atoms with E-state index < -0.39 is 11.8 Å². The van der Waals surface area contributed by atoms with E-state index in [-0.39, 0.29) is 6.04 Å². The van der Waals surface area contributed by atoms with Crippen LogP contribution in [-0.2, 0) is 16.0 Å². The normalized spacial score (nSPS) is 21.0. The number of hydrogen-bond donors (Lipinski definition) is 2. The van der Waals surface area contributed by atoms with Crippen LogP contribution in [0.2, 0.25) is 0 Å². The lowest BCUT2D eigenvalue weighted by molar-refractivity contribution is -0.137. The molecule has 0 radical (unpaired) electrons. The topological polar surface area (TPSA) is 58.2 Å². The summed E-state index contributed by atoms with van der Waals surface area (Å²) in [5, 5.41) is 5.65. The summed E-state index contributed by atoms with van der Waals surface area (Å²) in [7, 11) is 0. The van der Waals surface area contributed by atoms with Crippen molar-refractivity contribution in [2.45, 2.75) is 58.9 Å². The Morgan fingerprint density at radius 2 is 1.91 bits per heavy atom. The summed E-state index contributed by atoms with van der Waals surface area (Å²) in [5.41, 5.74) is 1.81. The van der Waals surface area contributed by atoms with E-state index in [0.29, 0.717) is 17.5 Å². The Kier molecular flexibility index (Phi) is 6.20. The predicted molar refractivity (Wildman–Crippen MR) is 93.2 cm³/mol. The number of carbonyl (C=O) groups is 2. The van der Waals surface area contributed by atoms with Crippen molar-refractivity contribution in [3.63, 3.8) is 0 Å². The van der Waals surface area contributed by atoms with Gasteiger partial charge in [-0.2, -0.15) is 0 Å². The van der Waals surface area contributed by atoms with E-state index in [0.717, 1.165) is 31.2 Å². The molecule has 0 bridgehead atoms. The van der Waals surface area contributed by atoms with Gasteiger partial charge in [0.2, 0.25) is 0 Å². The number of nitrogens with one attached hydrogen (secondary N) is 2. The van der Waals surface area contributed by atoms with Crippen molar-refractivity contribution in [1.29, 1.82) is 0 Å². The van der Waals surface area contributed by atoms with Gasteiger partial charge in [-0.1, -0.05) is 45.7 Å². The van der Waals surface area contributed by atoms with Gasteiger partial charge in [0.1, 0.15) is 0 Å². The third kappa shape index (κ3) is 4.81. The van der Waals surface area contributed by atoms with Crippen LogP contribution in [0.5, 0.6) is 0 Å². The molecule has 1 saturated carbocycles. The van der Waals surface area contributed by atoms with E-state index in [4.69, 9.17) is 0 Å². The van der Waals surface area contributed by atoms with Crippen LogP contribution in [0.3, 0.4) is 0 Å². The van der Waals surface area contributed by atoms with Gasteiger partial charge in [-0.3, -0.25) is 9.59 Å². The molecule has 0 heterocycles. The molecule has 2 rings (SSSR count). The predicted octanol–water partition coefficient (Wildman–Crippen LogP) is 3.52. The SMILES string of the molecule is CCc1cccc(NC(=O)C(=O)NC2CCCCC2C(C)C)c1. The Morgan fingerprint density at radius 3 is 2.61 bits per heavy atom. The quantitative estimate of drug-likeness (QED) is 0.835. The number of rotatable bonds is 4. The number of benzene rings is 1. The highest BCUT2D eigenvalue weighted by molar-refractivity contribution is 6.39. The fourth-order valence-corrected chi connectivity index (χ4v) is 3.43. The molecule has 0 saturated heterocycles. The minimum absolute atomic E-state index is 0.115. The van der Waals surface area contributed by atoms with Crippen LogP contribution >= 0.6 is 0 Å². The lowest BCUT2D eigenvalue weighted by Gasteiger charge is -2.34. The van der Waals surface area contributed by atoms with Crippen LogP contribution in [0.1, 0.15) is 52.0 Å². The fraction of sp³-hybridized carbons (Fsp3) is 0.579. The van der Waals surface area contributed by atoms with Crippen molar-refractivity contribution in [1.82, 2.24) is 5.32 Å². The van der Waals surface area contributed by atoms with Crippen LogP contribution in [0.15, 0.2) is 24.3 Å². The Labute approximate surface area is 139 Å². The summed E-state index contributed by atoms with van der Waals surface area (Å²) < 4.78 is 0. The van der Waals surface area contributed by atoms with Crippen molar-refractivity contribution >= 4 is 17.5 Å². The van der Waals surface area contributed by atoms with Crippen molar-refractivity contribution in [3.8, 4) is 0 Å². The first kappa shape index (κ1) is 17.5. The molecule has 1 aromatic carbocycles. The van der Waals surface area contributed by atoms with Gasteiger partial charge in [0.15, 0.2) is 0 Å². The Bertz CT molecular complexity index is 554. The molecule has 1 aliphatic carbocycles. The van der Waals surface area contributed by atoms with Crippen molar-refractivity contribution in [2.24, 2.45) is 11.8 Å². The van der Waals surface area contributed by atoms with E-state index in [1.54, 1.807) is 0 Å². The van der Waals surface area contributed by atoms with Crippen LogP contribution in [0, 0.1) is 11.8 Å². The van der Waals surface area contributed by atoms with Gasteiger partial charge in [0.25, 0.3) is 0 Å². The Balaban J connectivity index is 1.95. The Hall–Kier alpha value is -1.84. The van der Waals surface area contributed by atoms with Crippen LogP contribution < -0.4 is 10.6 Å². The molecular weight excluding hydrogens is 288 g/mol. The molecule has 2 atom stereocenters. The molecule has 4 nitrogen and oxygen atoms in total. The summed E-state index contributed by atoms with van der Waals surface area (Å²) >= 11 is 0. The summed E-state index contributed by atoms with van der Waals surface area (Å²) in [4.78, 5) is 24.4. The summed E-state index contributed by atoms with van der Waals surface area (Å²) in [6.07, 6.45) is 5.32. The maximum Gasteiger partial charge on any atom is 0.313 e. The molecule has 0 spiro atoms. The van der Waals surface area contributed by atoms with Crippen molar-refractivity contribution in [2.75, 3.05) is 5.32 Å². The second-order valence-corrected chi connectivity index (χ2v) is 6.78. The number of aryl methyl sites for hydroxylation is 1. The van der Waals surface area contributed by atoms with E-state index in [9.17, 15) is 9.59 Å². The standard InChI is InChI=1S/C19H28N2O2/c1-4-14-8-7-9-15(12-14)20-18(22)19(23)21-17-11-6-5-10-16(17)13(2)3/h7-9,12-13,16-17H,4-6,10-11H2,1-3H3,(H,20,22)(H,21,23). The molecule has 23 heavy (non-hydrogen) atoms. The third-order valence-electron chi connectivity index (χ3n) is 4.79. The fourth-order valence-electron chi connectivity index (χ4n) is 3.43. The maximum atomic E-state index is 12.2. The zero-order valence-electron chi connectivity index (χ0n) is 14.4. The molecule has 4 heteroatoms. The molecule has 1 aromatic rings. The van der Waals surface area contributed by atoms with E-state index in [1.165, 1.54) is 6.42 Å². The molecular formula is C19H28N2O2. The maximum absolute atomic E-state index is 12.2. The van der Waals surface area contributed by atoms with Gasteiger partial charge < -0.3 is 10.6 Å². The lowest BCUT2D eigenvalue weighted by Crippen LogP contribution is -2.47. The van der Waals surface area contributed by atoms with Gasteiger partial charge in [0.05, 0.1) is 0 Å². The van der Waals surface area contributed by atoms with Crippen LogP contribution in [0.25, 0.3) is 0 Å². The largest absolute Gasteiger partial charge is 0.345 e. The molecule has 126 valence electrons. The molecule has 1 fully saturated rings. The summed E-state index contributed by atoms with van der Waals surface area (Å²) in [5.74, 6) is -0.121. The van der Waals surface area contributed by atoms with Crippen molar-refractivity contribution < 1.29 is 9.59 Å². The zero-order valence-corrected chi connectivity index (χ0v) is 14.4. The third-order valence-corrected chi connectivity index (χ3v) is 4.79. The summed E-state index contributed by atoms with van der Waals surface area (Å²) in [6, 6.07) is 7.72. The van der Waals surface area contributed by atoms with Crippen LogP contribution in [-0.4, -0.2) is 17.9 Å².